The van der Waals surface area contributed by atoms with Crippen LogP contribution in [0, 0.1) is 6.92 Å². The molecule has 0 aliphatic carbocycles. The Morgan fingerprint density at radius 3 is 2.57 bits per heavy atom. The van der Waals surface area contributed by atoms with Gasteiger partial charge in [0.2, 0.25) is 10.0 Å². The molecule has 0 fully saturated rings. The highest BCUT2D eigenvalue weighted by Crippen LogP contribution is 2.20. The van der Waals surface area contributed by atoms with E-state index in [1.54, 1.807) is 21.0 Å². The number of aryl methyl sites for hydroxylation is 1. The maximum Gasteiger partial charge on any atom is 0.213 e. The van der Waals surface area contributed by atoms with E-state index in [1.807, 2.05) is 32.0 Å². The third kappa shape index (κ3) is 10.8. The zero-order valence-corrected chi connectivity index (χ0v) is 21.9. The smallest absolute Gasteiger partial charge is 0.213 e. The van der Waals surface area contributed by atoms with E-state index in [-0.39, 0.29) is 29.7 Å². The zero-order valence-electron chi connectivity index (χ0n) is 18.7. The monoisotopic (exact) mass is 556 g/mol. The van der Waals surface area contributed by atoms with Gasteiger partial charge in [-0.05, 0) is 38.8 Å². The summed E-state index contributed by atoms with van der Waals surface area (Å²) < 4.78 is 36.1. The van der Waals surface area contributed by atoms with Crippen molar-refractivity contribution in [3.05, 3.63) is 29.3 Å². The van der Waals surface area contributed by atoms with Gasteiger partial charge in [0.15, 0.2) is 5.96 Å². The van der Waals surface area contributed by atoms with E-state index >= 15 is 0 Å². The Balaban J connectivity index is 0.00000841. The van der Waals surface area contributed by atoms with Crippen LogP contribution < -0.4 is 15.4 Å². The van der Waals surface area contributed by atoms with Crippen molar-refractivity contribution in [3.63, 3.8) is 0 Å². The minimum Gasteiger partial charge on any atom is -0.491 e. The lowest BCUT2D eigenvalue weighted by atomic mass is 10.1. The first kappa shape index (κ1) is 28.9. The van der Waals surface area contributed by atoms with E-state index in [9.17, 15) is 8.42 Å². The highest BCUT2D eigenvalue weighted by molar-refractivity contribution is 14.0. The molecule has 0 aliphatic rings. The third-order valence-corrected chi connectivity index (χ3v) is 6.23. The third-order valence-electron chi connectivity index (χ3n) is 4.36. The molecule has 0 saturated heterocycles. The average molecular weight is 557 g/mol. The van der Waals surface area contributed by atoms with Crippen LogP contribution in [0.25, 0.3) is 0 Å². The standard InChI is InChI=1S/C20H36N4O4S.HI/c1-6-27-13-14-28-19-15-17(3)9-10-18(19)16-23-20(21-4)22-11-8-12-24(5)29(25,26)7-2;/h9-10,15H,6-8,11-14,16H2,1-5H3,(H2,21,22,23);1H. The van der Waals surface area contributed by atoms with Crippen molar-refractivity contribution in [2.24, 2.45) is 4.99 Å². The van der Waals surface area contributed by atoms with Gasteiger partial charge in [0, 0.05) is 45.9 Å². The van der Waals surface area contributed by atoms with Gasteiger partial charge in [-0.15, -0.1) is 24.0 Å². The van der Waals surface area contributed by atoms with Gasteiger partial charge in [-0.2, -0.15) is 0 Å². The summed E-state index contributed by atoms with van der Waals surface area (Å²) >= 11 is 0. The molecule has 0 heterocycles. The number of ether oxygens (including phenoxy) is 2. The molecule has 30 heavy (non-hydrogen) atoms. The van der Waals surface area contributed by atoms with Gasteiger partial charge in [0.25, 0.3) is 0 Å². The van der Waals surface area contributed by atoms with Gasteiger partial charge in [0.1, 0.15) is 12.4 Å². The fourth-order valence-electron chi connectivity index (χ4n) is 2.56. The molecule has 0 aliphatic heterocycles. The maximum atomic E-state index is 11.8. The minimum atomic E-state index is -3.13. The van der Waals surface area contributed by atoms with Crippen molar-refractivity contribution < 1.29 is 17.9 Å². The Labute approximate surface area is 198 Å². The van der Waals surface area contributed by atoms with Gasteiger partial charge in [-0.25, -0.2) is 12.7 Å². The van der Waals surface area contributed by atoms with Gasteiger partial charge in [0.05, 0.1) is 12.4 Å². The number of nitrogens with zero attached hydrogens (tertiary/aromatic N) is 2. The van der Waals surface area contributed by atoms with Crippen LogP contribution in [0.5, 0.6) is 5.75 Å². The summed E-state index contributed by atoms with van der Waals surface area (Å²) in [6.45, 7) is 9.03. The minimum absolute atomic E-state index is 0. The molecule has 2 N–H and O–H groups in total. The molecule has 1 aromatic carbocycles. The van der Waals surface area contributed by atoms with Gasteiger partial charge >= 0.3 is 0 Å². The molecular weight excluding hydrogens is 519 g/mol. The summed E-state index contributed by atoms with van der Waals surface area (Å²) in [5.41, 5.74) is 2.16. The Kier molecular flexibility index (Phi) is 15.1. The lowest BCUT2D eigenvalue weighted by Crippen LogP contribution is -2.38. The lowest BCUT2D eigenvalue weighted by Gasteiger charge is -2.17. The van der Waals surface area contributed by atoms with Crippen LogP contribution in [0.1, 0.15) is 31.4 Å². The molecule has 10 heteroatoms. The molecule has 1 rings (SSSR count). The Bertz CT molecular complexity index is 744. The van der Waals surface area contributed by atoms with Crippen LogP contribution in [0.15, 0.2) is 23.2 Å². The number of benzene rings is 1. The second kappa shape index (κ2) is 15.7. The second-order valence-corrected chi connectivity index (χ2v) is 8.95. The van der Waals surface area contributed by atoms with Crippen molar-refractivity contribution in [2.45, 2.75) is 33.7 Å². The summed E-state index contributed by atoms with van der Waals surface area (Å²) in [4.78, 5) is 4.22. The van der Waals surface area contributed by atoms with E-state index in [1.165, 1.54) is 4.31 Å². The van der Waals surface area contributed by atoms with Crippen molar-refractivity contribution >= 4 is 40.0 Å². The molecule has 174 valence electrons. The average Bonchev–Trinajstić information content (AvgIpc) is 2.71. The number of guanidine groups is 1. The van der Waals surface area contributed by atoms with Crippen LogP contribution in [-0.4, -0.2) is 71.4 Å². The number of nitrogens with one attached hydrogen (secondary N) is 2. The largest absolute Gasteiger partial charge is 0.491 e. The first-order valence-corrected chi connectivity index (χ1v) is 11.6. The van der Waals surface area contributed by atoms with Gasteiger partial charge < -0.3 is 20.1 Å². The molecule has 0 amide bonds. The van der Waals surface area contributed by atoms with Crippen molar-refractivity contribution in [1.29, 1.82) is 0 Å². The quantitative estimate of drug-likeness (QED) is 0.168. The van der Waals surface area contributed by atoms with Crippen LogP contribution in [0.2, 0.25) is 0 Å². The van der Waals surface area contributed by atoms with Crippen LogP contribution >= 0.6 is 24.0 Å². The molecule has 0 bridgehead atoms. The molecular formula is C20H37IN4O4S. The molecule has 0 radical (unpaired) electrons. The highest BCUT2D eigenvalue weighted by atomic mass is 127. The van der Waals surface area contributed by atoms with E-state index in [4.69, 9.17) is 9.47 Å². The number of hydrogen-bond acceptors (Lipinski definition) is 5. The number of aliphatic imine (C=N–C) groups is 1. The SMILES string of the molecule is CCOCCOc1cc(C)ccc1CNC(=NC)NCCCN(C)S(=O)(=O)CC.I. The number of rotatable bonds is 13. The maximum absolute atomic E-state index is 11.8. The summed E-state index contributed by atoms with van der Waals surface area (Å²) in [6.07, 6.45) is 0.687. The van der Waals surface area contributed by atoms with Crippen molar-refractivity contribution in [1.82, 2.24) is 14.9 Å². The van der Waals surface area contributed by atoms with Crippen LogP contribution in [0.4, 0.5) is 0 Å². The summed E-state index contributed by atoms with van der Waals surface area (Å²) in [6, 6.07) is 6.10. The first-order valence-electron chi connectivity index (χ1n) is 10.0. The number of halogens is 1. The first-order chi connectivity index (χ1) is 13.8. The molecule has 0 aromatic heterocycles. The molecule has 0 unspecified atom stereocenters. The summed E-state index contributed by atoms with van der Waals surface area (Å²) in [5, 5.41) is 6.48. The van der Waals surface area contributed by atoms with E-state index in [0.717, 1.165) is 16.9 Å². The predicted molar refractivity (Wildman–Crippen MR) is 133 cm³/mol. The molecule has 8 nitrogen and oxygen atoms in total. The molecule has 0 saturated carbocycles. The molecule has 0 spiro atoms. The van der Waals surface area contributed by atoms with Gasteiger partial charge in [-0.1, -0.05) is 12.1 Å². The normalized spacial score (nSPS) is 11.9. The number of sulfonamides is 1. The second-order valence-electron chi connectivity index (χ2n) is 6.58. The van der Waals surface area contributed by atoms with Crippen LogP contribution in [-0.2, 0) is 21.3 Å². The zero-order chi connectivity index (χ0) is 21.7. The van der Waals surface area contributed by atoms with E-state index in [2.05, 4.69) is 15.6 Å². The Morgan fingerprint density at radius 2 is 1.93 bits per heavy atom. The van der Waals surface area contributed by atoms with Crippen molar-refractivity contribution in [2.75, 3.05) is 52.8 Å². The highest BCUT2D eigenvalue weighted by Gasteiger charge is 2.14. The molecule has 0 atom stereocenters. The summed E-state index contributed by atoms with van der Waals surface area (Å²) in [7, 11) is 0.180. The fourth-order valence-corrected chi connectivity index (χ4v) is 3.41. The number of hydrogen-bond donors (Lipinski definition) is 2. The van der Waals surface area contributed by atoms with Crippen molar-refractivity contribution in [3.8, 4) is 5.75 Å². The van der Waals surface area contributed by atoms with Crippen LogP contribution in [0.3, 0.4) is 0 Å². The predicted octanol–water partition coefficient (Wildman–Crippen LogP) is 2.36. The summed E-state index contributed by atoms with van der Waals surface area (Å²) in [5.74, 6) is 1.61. The molecule has 1 aromatic rings. The fraction of sp³-hybridized carbons (Fsp3) is 0.650. The lowest BCUT2D eigenvalue weighted by molar-refractivity contribution is 0.110. The Morgan fingerprint density at radius 1 is 1.20 bits per heavy atom. The van der Waals surface area contributed by atoms with E-state index in [0.29, 0.717) is 51.8 Å². The Hall–Kier alpha value is -1.11. The topological polar surface area (TPSA) is 92.3 Å². The van der Waals surface area contributed by atoms with Gasteiger partial charge in [-0.3, -0.25) is 4.99 Å². The van der Waals surface area contributed by atoms with E-state index < -0.39 is 10.0 Å².